The Morgan fingerprint density at radius 2 is 2.21 bits per heavy atom. The molecule has 2 rings (SSSR count). The molecule has 1 amide bonds. The number of rotatable bonds is 5. The highest BCUT2D eigenvalue weighted by Crippen LogP contribution is 2.20. The summed E-state index contributed by atoms with van der Waals surface area (Å²) in [6.07, 6.45) is 2.52. The molecule has 1 aromatic rings. The van der Waals surface area contributed by atoms with Crippen LogP contribution in [0.2, 0.25) is 0 Å². The molecule has 0 spiro atoms. The van der Waals surface area contributed by atoms with Crippen LogP contribution in [0.1, 0.15) is 46.1 Å². The van der Waals surface area contributed by atoms with E-state index in [0.29, 0.717) is 0 Å². The molecule has 0 saturated carbocycles. The van der Waals surface area contributed by atoms with Crippen molar-refractivity contribution in [3.63, 3.8) is 0 Å². The fourth-order valence-electron chi connectivity index (χ4n) is 3.04. The van der Waals surface area contributed by atoms with E-state index in [1.807, 2.05) is 31.7 Å². The number of amides is 1. The van der Waals surface area contributed by atoms with Crippen molar-refractivity contribution in [3.8, 4) is 0 Å². The molecule has 5 heteroatoms. The van der Waals surface area contributed by atoms with Gasteiger partial charge in [0.2, 0.25) is 0 Å². The third kappa shape index (κ3) is 5.78. The van der Waals surface area contributed by atoms with Gasteiger partial charge in [-0.25, -0.2) is 9.18 Å². The topological polar surface area (TPSA) is 41.6 Å². The first kappa shape index (κ1) is 18.7. The van der Waals surface area contributed by atoms with Crippen molar-refractivity contribution in [2.45, 2.75) is 64.6 Å². The maximum absolute atomic E-state index is 13.2. The molecule has 0 bridgehead atoms. The number of benzene rings is 1. The van der Waals surface area contributed by atoms with E-state index in [-0.39, 0.29) is 24.0 Å². The third-order valence-corrected chi connectivity index (χ3v) is 4.14. The summed E-state index contributed by atoms with van der Waals surface area (Å²) in [5.74, 6) is -0.202. The van der Waals surface area contributed by atoms with Crippen LogP contribution >= 0.6 is 0 Å². The number of carbonyl (C=O) groups excluding carboxylic acids is 1. The maximum Gasteiger partial charge on any atom is 0.410 e. The van der Waals surface area contributed by atoms with Crippen LogP contribution in [-0.4, -0.2) is 41.8 Å². The van der Waals surface area contributed by atoms with Gasteiger partial charge in [0.15, 0.2) is 0 Å². The standard InChI is InChI=1S/C19H29FN2O2/c1-14(11-15-7-5-8-16(20)12-15)21-13-17-9-6-10-22(17)18(23)24-19(2,3)4/h5,7-8,12,14,17,21H,6,9-11,13H2,1-4H3. The van der Waals surface area contributed by atoms with E-state index in [2.05, 4.69) is 12.2 Å². The van der Waals surface area contributed by atoms with E-state index in [1.54, 1.807) is 12.1 Å². The molecule has 1 fully saturated rings. The highest BCUT2D eigenvalue weighted by molar-refractivity contribution is 5.69. The van der Waals surface area contributed by atoms with Gasteiger partial charge in [0.1, 0.15) is 11.4 Å². The number of halogens is 1. The average molecular weight is 336 g/mol. The zero-order valence-electron chi connectivity index (χ0n) is 15.1. The Labute approximate surface area is 144 Å². The van der Waals surface area contributed by atoms with Crippen LogP contribution < -0.4 is 5.32 Å². The summed E-state index contributed by atoms with van der Waals surface area (Å²) in [5.41, 5.74) is 0.507. The Bertz CT molecular complexity index is 557. The average Bonchev–Trinajstić information content (AvgIpc) is 2.92. The zero-order valence-corrected chi connectivity index (χ0v) is 15.1. The van der Waals surface area contributed by atoms with Gasteiger partial charge in [-0.2, -0.15) is 0 Å². The highest BCUT2D eigenvalue weighted by atomic mass is 19.1. The van der Waals surface area contributed by atoms with Crippen molar-refractivity contribution in [3.05, 3.63) is 35.6 Å². The van der Waals surface area contributed by atoms with E-state index in [9.17, 15) is 9.18 Å². The summed E-state index contributed by atoms with van der Waals surface area (Å²) in [4.78, 5) is 14.1. The van der Waals surface area contributed by atoms with Crippen LogP contribution in [0.15, 0.2) is 24.3 Å². The van der Waals surface area contributed by atoms with Gasteiger partial charge in [0.25, 0.3) is 0 Å². The second kappa shape index (κ2) is 7.97. The molecule has 24 heavy (non-hydrogen) atoms. The van der Waals surface area contributed by atoms with E-state index >= 15 is 0 Å². The van der Waals surface area contributed by atoms with Gasteiger partial charge >= 0.3 is 6.09 Å². The first-order chi connectivity index (χ1) is 11.2. The van der Waals surface area contributed by atoms with Gasteiger partial charge in [-0.15, -0.1) is 0 Å². The van der Waals surface area contributed by atoms with Crippen LogP contribution in [0, 0.1) is 5.82 Å². The van der Waals surface area contributed by atoms with E-state index < -0.39 is 5.60 Å². The number of hydrogen-bond donors (Lipinski definition) is 1. The lowest BCUT2D eigenvalue weighted by Gasteiger charge is -2.29. The van der Waals surface area contributed by atoms with Crippen molar-refractivity contribution >= 4 is 6.09 Å². The molecule has 134 valence electrons. The molecule has 0 aliphatic carbocycles. The third-order valence-electron chi connectivity index (χ3n) is 4.14. The fraction of sp³-hybridized carbons (Fsp3) is 0.632. The van der Waals surface area contributed by atoms with Gasteiger partial charge < -0.3 is 15.0 Å². The molecular weight excluding hydrogens is 307 g/mol. The molecular formula is C19H29FN2O2. The molecule has 0 radical (unpaired) electrons. The molecule has 1 heterocycles. The molecule has 1 aliphatic heterocycles. The van der Waals surface area contributed by atoms with Crippen LogP contribution in [0.3, 0.4) is 0 Å². The van der Waals surface area contributed by atoms with Crippen LogP contribution in [0.4, 0.5) is 9.18 Å². The number of nitrogens with zero attached hydrogens (tertiary/aromatic N) is 1. The fourth-order valence-corrected chi connectivity index (χ4v) is 3.04. The maximum atomic E-state index is 13.2. The van der Waals surface area contributed by atoms with E-state index in [0.717, 1.165) is 37.9 Å². The van der Waals surface area contributed by atoms with Crippen LogP contribution in [0.5, 0.6) is 0 Å². The summed E-state index contributed by atoms with van der Waals surface area (Å²) in [7, 11) is 0. The number of ether oxygens (including phenoxy) is 1. The van der Waals surface area contributed by atoms with E-state index in [1.165, 1.54) is 6.07 Å². The van der Waals surface area contributed by atoms with Crippen molar-refractivity contribution in [2.24, 2.45) is 0 Å². The Morgan fingerprint density at radius 1 is 1.46 bits per heavy atom. The Balaban J connectivity index is 1.82. The van der Waals surface area contributed by atoms with Gasteiger partial charge in [0.05, 0.1) is 0 Å². The SMILES string of the molecule is CC(Cc1cccc(F)c1)NCC1CCCN1C(=O)OC(C)(C)C. The minimum Gasteiger partial charge on any atom is -0.444 e. The second-order valence-electron chi connectivity index (χ2n) is 7.61. The van der Waals surface area contributed by atoms with Crippen molar-refractivity contribution in [2.75, 3.05) is 13.1 Å². The lowest BCUT2D eigenvalue weighted by molar-refractivity contribution is 0.0225. The van der Waals surface area contributed by atoms with Gasteiger partial charge in [0, 0.05) is 25.2 Å². The summed E-state index contributed by atoms with van der Waals surface area (Å²) < 4.78 is 18.7. The summed E-state index contributed by atoms with van der Waals surface area (Å²) >= 11 is 0. The Hall–Kier alpha value is -1.62. The first-order valence-electron chi connectivity index (χ1n) is 8.72. The van der Waals surface area contributed by atoms with Crippen LogP contribution in [0.25, 0.3) is 0 Å². The lowest BCUT2D eigenvalue weighted by atomic mass is 10.1. The predicted octanol–water partition coefficient (Wildman–Crippen LogP) is 3.75. The predicted molar refractivity (Wildman–Crippen MR) is 93.5 cm³/mol. The Morgan fingerprint density at radius 3 is 2.88 bits per heavy atom. The minimum absolute atomic E-state index is 0.162. The monoisotopic (exact) mass is 336 g/mol. The van der Waals surface area contributed by atoms with Gasteiger partial charge in [-0.3, -0.25) is 0 Å². The summed E-state index contributed by atoms with van der Waals surface area (Å²) in [6, 6.07) is 7.07. The number of likely N-dealkylation sites (tertiary alicyclic amines) is 1. The number of carbonyl (C=O) groups is 1. The van der Waals surface area contributed by atoms with Crippen molar-refractivity contribution < 1.29 is 13.9 Å². The smallest absolute Gasteiger partial charge is 0.410 e. The highest BCUT2D eigenvalue weighted by Gasteiger charge is 2.32. The normalized spacial score (nSPS) is 19.4. The van der Waals surface area contributed by atoms with Gasteiger partial charge in [-0.1, -0.05) is 12.1 Å². The second-order valence-corrected chi connectivity index (χ2v) is 7.61. The first-order valence-corrected chi connectivity index (χ1v) is 8.72. The minimum atomic E-state index is -0.470. The molecule has 2 unspecified atom stereocenters. The summed E-state index contributed by atoms with van der Waals surface area (Å²) in [5, 5.41) is 3.47. The quantitative estimate of drug-likeness (QED) is 0.890. The van der Waals surface area contributed by atoms with Crippen molar-refractivity contribution in [1.29, 1.82) is 0 Å². The molecule has 0 aromatic heterocycles. The number of nitrogens with one attached hydrogen (secondary N) is 1. The van der Waals surface area contributed by atoms with Crippen LogP contribution in [-0.2, 0) is 11.2 Å². The van der Waals surface area contributed by atoms with E-state index in [4.69, 9.17) is 4.74 Å². The molecule has 4 nitrogen and oxygen atoms in total. The molecule has 2 atom stereocenters. The molecule has 1 aromatic carbocycles. The van der Waals surface area contributed by atoms with Gasteiger partial charge in [-0.05, 0) is 64.7 Å². The summed E-state index contributed by atoms with van der Waals surface area (Å²) in [6.45, 7) is 9.22. The molecule has 1 aliphatic rings. The largest absolute Gasteiger partial charge is 0.444 e. The zero-order chi connectivity index (χ0) is 17.7. The molecule has 1 N–H and O–H groups in total. The Kier molecular flexibility index (Phi) is 6.21. The van der Waals surface area contributed by atoms with Crippen molar-refractivity contribution in [1.82, 2.24) is 10.2 Å². The molecule has 1 saturated heterocycles. The lowest BCUT2D eigenvalue weighted by Crippen LogP contribution is -2.45. The number of hydrogen-bond acceptors (Lipinski definition) is 3.